The summed E-state index contributed by atoms with van der Waals surface area (Å²) in [4.78, 5) is 20.6. The van der Waals surface area contributed by atoms with Gasteiger partial charge in [-0.2, -0.15) is 4.98 Å². The quantitative estimate of drug-likeness (QED) is 0.388. The van der Waals surface area contributed by atoms with E-state index in [0.717, 1.165) is 29.5 Å². The van der Waals surface area contributed by atoms with E-state index in [2.05, 4.69) is 46.1 Å². The second-order valence-electron chi connectivity index (χ2n) is 7.72. The Balaban J connectivity index is 1.57. The topological polar surface area (TPSA) is 66.9 Å². The number of carbonyl (C=O) groups is 1. The molecule has 1 heterocycles. The number of aryl methyl sites for hydroxylation is 2. The van der Waals surface area contributed by atoms with Gasteiger partial charge in [0.05, 0.1) is 6.20 Å². The molecule has 0 atom stereocenters. The third-order valence-corrected chi connectivity index (χ3v) is 6.86. The summed E-state index contributed by atoms with van der Waals surface area (Å²) in [5, 5.41) is 7.73. The summed E-state index contributed by atoms with van der Waals surface area (Å²) < 4.78 is 13.7. The minimum absolute atomic E-state index is 0.266. The van der Waals surface area contributed by atoms with Gasteiger partial charge in [0.15, 0.2) is 5.82 Å². The zero-order valence-corrected chi connectivity index (χ0v) is 19.0. The van der Waals surface area contributed by atoms with Crippen LogP contribution < -0.4 is 15.9 Å². The summed E-state index contributed by atoms with van der Waals surface area (Å²) in [7, 11) is -0.525. The van der Waals surface area contributed by atoms with Gasteiger partial charge in [-0.3, -0.25) is 4.79 Å². The van der Waals surface area contributed by atoms with Crippen LogP contribution in [-0.2, 0) is 17.6 Å². The van der Waals surface area contributed by atoms with Gasteiger partial charge in [-0.05, 0) is 67.6 Å². The molecule has 8 heteroatoms. The van der Waals surface area contributed by atoms with Gasteiger partial charge < -0.3 is 10.6 Å². The highest BCUT2D eigenvalue weighted by Crippen LogP contribution is 2.32. The molecule has 1 aliphatic rings. The predicted octanol–water partition coefficient (Wildman–Crippen LogP) is 5.57. The van der Waals surface area contributed by atoms with Crippen molar-refractivity contribution in [3.63, 3.8) is 0 Å². The summed E-state index contributed by atoms with van der Waals surface area (Å²) in [5.74, 6) is 0.892. The monoisotopic (exact) mass is 456 g/mol. The normalized spacial score (nSPS) is 13.6. The van der Waals surface area contributed by atoms with Crippen molar-refractivity contribution < 1.29 is 9.18 Å². The molecular weight excluding hydrogens is 434 g/mol. The third-order valence-electron chi connectivity index (χ3n) is 5.25. The highest BCUT2D eigenvalue weighted by Gasteiger charge is 2.15. The maximum absolute atomic E-state index is 13.7. The molecule has 3 aromatic rings. The zero-order chi connectivity index (χ0) is 22.0. The van der Waals surface area contributed by atoms with Gasteiger partial charge in [-0.15, -0.1) is 0 Å². The van der Waals surface area contributed by atoms with Crippen LogP contribution in [0.15, 0.2) is 42.6 Å². The highest BCUT2D eigenvalue weighted by atomic mass is 35.5. The molecule has 0 radical (unpaired) electrons. The molecule has 2 N–H and O–H groups in total. The van der Waals surface area contributed by atoms with E-state index in [0.29, 0.717) is 35.4 Å². The Labute approximate surface area is 187 Å². The molecule has 0 fully saturated rings. The SMILES string of the molecule is CP(C)c1cc(F)ccc1Nc1nc(Nc2ccc3c(c2)CCC(=O)CC3)ncc1Cl. The van der Waals surface area contributed by atoms with Crippen LogP contribution in [-0.4, -0.2) is 29.1 Å². The number of benzene rings is 2. The molecule has 31 heavy (non-hydrogen) atoms. The Hall–Kier alpha value is -2.56. The maximum atomic E-state index is 13.7. The first-order chi connectivity index (χ1) is 14.9. The lowest BCUT2D eigenvalue weighted by molar-refractivity contribution is -0.118. The third kappa shape index (κ3) is 5.20. The van der Waals surface area contributed by atoms with E-state index in [1.807, 2.05) is 6.07 Å². The van der Waals surface area contributed by atoms with Crippen LogP contribution in [0, 0.1) is 5.82 Å². The Bertz CT molecular complexity index is 1140. The number of ketones is 1. The number of anilines is 4. The van der Waals surface area contributed by atoms with Gasteiger partial charge in [-0.1, -0.05) is 25.6 Å². The van der Waals surface area contributed by atoms with Crippen molar-refractivity contribution in [2.24, 2.45) is 0 Å². The average molecular weight is 457 g/mol. The number of Topliss-reactive ketones (excluding diaryl/α,β-unsaturated/α-hetero) is 1. The fourth-order valence-corrected chi connectivity index (χ4v) is 4.74. The lowest BCUT2D eigenvalue weighted by Crippen LogP contribution is -2.10. The van der Waals surface area contributed by atoms with Crippen molar-refractivity contribution in [3.05, 3.63) is 64.6 Å². The molecule has 4 rings (SSSR count). The van der Waals surface area contributed by atoms with Crippen molar-refractivity contribution >= 4 is 53.8 Å². The lowest BCUT2D eigenvalue weighted by Gasteiger charge is -2.16. The molecule has 0 aliphatic heterocycles. The van der Waals surface area contributed by atoms with E-state index in [9.17, 15) is 9.18 Å². The van der Waals surface area contributed by atoms with Crippen LogP contribution >= 0.6 is 19.5 Å². The van der Waals surface area contributed by atoms with Crippen molar-refractivity contribution in [1.82, 2.24) is 9.97 Å². The van der Waals surface area contributed by atoms with Crippen molar-refractivity contribution in [1.29, 1.82) is 0 Å². The molecule has 1 aromatic heterocycles. The van der Waals surface area contributed by atoms with Gasteiger partial charge in [0.25, 0.3) is 0 Å². The second kappa shape index (κ2) is 9.29. The molecular formula is C23H23ClFN4OP. The van der Waals surface area contributed by atoms with Crippen LogP contribution in [0.1, 0.15) is 24.0 Å². The van der Waals surface area contributed by atoms with E-state index < -0.39 is 7.92 Å². The van der Waals surface area contributed by atoms with Gasteiger partial charge in [-0.25, -0.2) is 9.37 Å². The summed E-state index contributed by atoms with van der Waals surface area (Å²) >= 11 is 6.32. The number of nitrogens with zero attached hydrogens (tertiary/aromatic N) is 2. The molecule has 2 aromatic carbocycles. The number of carbonyl (C=O) groups excluding carboxylic acids is 1. The van der Waals surface area contributed by atoms with E-state index in [1.165, 1.54) is 23.4 Å². The molecule has 0 unspecified atom stereocenters. The van der Waals surface area contributed by atoms with Gasteiger partial charge in [0.2, 0.25) is 5.95 Å². The fraction of sp³-hybridized carbons (Fsp3) is 0.261. The smallest absolute Gasteiger partial charge is 0.229 e. The molecule has 1 aliphatic carbocycles. The van der Waals surface area contributed by atoms with Gasteiger partial charge in [0, 0.05) is 29.5 Å². The number of fused-ring (bicyclic) bond motifs is 1. The Morgan fingerprint density at radius 1 is 1.00 bits per heavy atom. The van der Waals surface area contributed by atoms with Crippen molar-refractivity contribution in [3.8, 4) is 0 Å². The number of hydrogen-bond acceptors (Lipinski definition) is 5. The van der Waals surface area contributed by atoms with E-state index >= 15 is 0 Å². The molecule has 0 saturated carbocycles. The largest absolute Gasteiger partial charge is 0.338 e. The van der Waals surface area contributed by atoms with Gasteiger partial charge >= 0.3 is 0 Å². The second-order valence-corrected chi connectivity index (χ2v) is 10.4. The maximum Gasteiger partial charge on any atom is 0.229 e. The number of rotatable bonds is 5. The Morgan fingerprint density at radius 3 is 2.55 bits per heavy atom. The van der Waals surface area contributed by atoms with Gasteiger partial charge in [0.1, 0.15) is 16.6 Å². The first-order valence-electron chi connectivity index (χ1n) is 10.1. The van der Waals surface area contributed by atoms with Crippen LogP contribution in [0.25, 0.3) is 0 Å². The molecule has 0 saturated heterocycles. The molecule has 160 valence electrons. The summed E-state index contributed by atoms with van der Waals surface area (Å²) in [6.45, 7) is 4.13. The standard InChI is InChI=1S/C23H23ClFN4OP/c1-31(2)21-12-16(25)6-10-20(21)28-22-19(24)13-26-23(29-22)27-17-7-3-14-4-8-18(30)9-5-15(14)11-17/h3,6-7,10-13H,4-5,8-9H2,1-2H3,(H2,26,27,28,29). The Kier molecular flexibility index (Phi) is 6.49. The first-order valence-corrected chi connectivity index (χ1v) is 12.7. The van der Waals surface area contributed by atoms with Crippen LogP contribution in [0.2, 0.25) is 5.02 Å². The van der Waals surface area contributed by atoms with Crippen molar-refractivity contribution in [2.75, 3.05) is 24.0 Å². The fourth-order valence-electron chi connectivity index (χ4n) is 3.61. The number of nitrogens with one attached hydrogen (secondary N) is 2. The van der Waals surface area contributed by atoms with Crippen molar-refractivity contribution in [2.45, 2.75) is 25.7 Å². The zero-order valence-electron chi connectivity index (χ0n) is 17.4. The highest BCUT2D eigenvalue weighted by molar-refractivity contribution is 7.64. The van der Waals surface area contributed by atoms with Crippen LogP contribution in [0.3, 0.4) is 0 Å². The summed E-state index contributed by atoms with van der Waals surface area (Å²) in [5.41, 5.74) is 4.03. The number of hydrogen-bond donors (Lipinski definition) is 2. The first kappa shape index (κ1) is 21.7. The predicted molar refractivity (Wildman–Crippen MR) is 127 cm³/mol. The minimum Gasteiger partial charge on any atom is -0.338 e. The van der Waals surface area contributed by atoms with E-state index in [1.54, 1.807) is 12.1 Å². The van der Waals surface area contributed by atoms with E-state index in [-0.39, 0.29) is 5.82 Å². The van der Waals surface area contributed by atoms with Crippen LogP contribution in [0.5, 0.6) is 0 Å². The Morgan fingerprint density at radius 2 is 1.77 bits per heavy atom. The number of halogens is 2. The molecule has 0 amide bonds. The summed E-state index contributed by atoms with van der Waals surface area (Å²) in [6.07, 6.45) is 4.27. The van der Waals surface area contributed by atoms with Crippen LogP contribution in [0.4, 0.5) is 27.5 Å². The molecule has 0 spiro atoms. The minimum atomic E-state index is -0.525. The van der Waals surface area contributed by atoms with E-state index in [4.69, 9.17) is 11.6 Å². The molecule has 5 nitrogen and oxygen atoms in total. The average Bonchev–Trinajstić information content (AvgIpc) is 2.93. The molecule has 0 bridgehead atoms. The lowest BCUT2D eigenvalue weighted by atomic mass is 10.0. The number of aromatic nitrogens is 2. The summed E-state index contributed by atoms with van der Waals surface area (Å²) in [6, 6.07) is 10.7.